The van der Waals surface area contributed by atoms with Gasteiger partial charge in [0.1, 0.15) is 0 Å². The molecule has 1 aliphatic rings. The van der Waals surface area contributed by atoms with Crippen LogP contribution in [0, 0.1) is 0 Å². The Morgan fingerprint density at radius 1 is 1.71 bits per heavy atom. The average molecular weight is 142 g/mol. The summed E-state index contributed by atoms with van der Waals surface area (Å²) in [5.41, 5.74) is 0. The van der Waals surface area contributed by atoms with E-state index in [-0.39, 0.29) is 0 Å². The Labute approximate surface area is 45.2 Å². The third-order valence-electron chi connectivity index (χ3n) is 0.467. The van der Waals surface area contributed by atoms with Crippen LogP contribution in [0.4, 0.5) is 0 Å². The van der Waals surface area contributed by atoms with Crippen molar-refractivity contribution in [1.82, 2.24) is 0 Å². The molecule has 0 saturated carbocycles. The smallest absolute Gasteiger partial charge is 0.289 e. The summed E-state index contributed by atoms with van der Waals surface area (Å²) in [4.78, 5) is 0. The fourth-order valence-electron chi connectivity index (χ4n) is 0.141. The van der Waals surface area contributed by atoms with Crippen LogP contribution < -0.4 is 0 Å². The van der Waals surface area contributed by atoms with Crippen molar-refractivity contribution in [3.8, 4) is 0 Å². The minimum atomic E-state index is -3.01. The van der Waals surface area contributed by atoms with Gasteiger partial charge in [-0.3, -0.25) is 4.52 Å². The quantitative estimate of drug-likeness (QED) is 0.408. The third-order valence-corrected chi connectivity index (χ3v) is 2.86. The van der Waals surface area contributed by atoms with Gasteiger partial charge in [-0.2, -0.15) is 7.94 Å². The minimum Gasteiger partial charge on any atom is -0.289 e. The first-order valence-corrected chi connectivity index (χ1v) is 3.60. The van der Waals surface area contributed by atoms with Gasteiger partial charge in [-0.1, -0.05) is 0 Å². The standard InChI is InChI=1S/CH3O4PS/c1-3-6(2)4-7-5-6/h1H3. The van der Waals surface area contributed by atoms with Crippen molar-refractivity contribution in [3.05, 3.63) is 0 Å². The highest BCUT2D eigenvalue weighted by Crippen LogP contribution is 2.64. The molecule has 1 saturated heterocycles. The molecular weight excluding hydrogens is 139 g/mol. The van der Waals surface area contributed by atoms with Gasteiger partial charge in [-0.05, 0) is 0 Å². The Kier molecular flexibility index (Phi) is 1.41. The molecule has 1 aliphatic heterocycles. The van der Waals surface area contributed by atoms with Crippen molar-refractivity contribution < 1.29 is 17.0 Å². The van der Waals surface area contributed by atoms with Crippen LogP contribution in [0.5, 0.6) is 0 Å². The maximum atomic E-state index is 10.4. The van der Waals surface area contributed by atoms with E-state index in [4.69, 9.17) is 0 Å². The second kappa shape index (κ2) is 1.76. The topological polar surface area (TPSA) is 44.8 Å². The van der Waals surface area contributed by atoms with Crippen LogP contribution in [0.3, 0.4) is 0 Å². The van der Waals surface area contributed by atoms with Gasteiger partial charge in [0.15, 0.2) is 12.3 Å². The van der Waals surface area contributed by atoms with E-state index in [9.17, 15) is 4.57 Å². The lowest BCUT2D eigenvalue weighted by molar-refractivity contribution is 0.231. The Morgan fingerprint density at radius 2 is 2.29 bits per heavy atom. The largest absolute Gasteiger partial charge is 0.500 e. The van der Waals surface area contributed by atoms with E-state index in [2.05, 4.69) is 12.5 Å². The monoisotopic (exact) mass is 142 g/mol. The molecule has 0 unspecified atom stereocenters. The molecule has 0 radical (unpaired) electrons. The first-order valence-electron chi connectivity index (χ1n) is 1.47. The summed E-state index contributed by atoms with van der Waals surface area (Å²) >= 11 is 0.680. The molecule has 0 atom stereocenters. The lowest BCUT2D eigenvalue weighted by Crippen LogP contribution is -1.95. The summed E-state index contributed by atoms with van der Waals surface area (Å²) in [5, 5.41) is 0. The highest BCUT2D eigenvalue weighted by molar-refractivity contribution is 8.02. The molecule has 0 aromatic rings. The number of rotatable bonds is 1. The molecule has 0 aliphatic carbocycles. The summed E-state index contributed by atoms with van der Waals surface area (Å²) in [5.74, 6) is 0. The van der Waals surface area contributed by atoms with Crippen LogP contribution >= 0.6 is 20.1 Å². The Balaban J connectivity index is 2.45. The van der Waals surface area contributed by atoms with E-state index in [0.29, 0.717) is 12.3 Å². The highest BCUT2D eigenvalue weighted by atomic mass is 32.2. The van der Waals surface area contributed by atoms with Crippen LogP contribution in [0.15, 0.2) is 0 Å². The van der Waals surface area contributed by atoms with Crippen molar-refractivity contribution in [2.45, 2.75) is 0 Å². The third kappa shape index (κ3) is 0.978. The SMILES string of the molecule is COP1(=O)OSO1. The molecule has 7 heavy (non-hydrogen) atoms. The molecule has 0 aromatic heterocycles. The Morgan fingerprint density at radius 3 is 2.29 bits per heavy atom. The van der Waals surface area contributed by atoms with Crippen molar-refractivity contribution in [2.75, 3.05) is 7.11 Å². The zero-order chi connectivity index (χ0) is 5.33. The zero-order valence-electron chi connectivity index (χ0n) is 3.49. The molecule has 1 heterocycles. The predicted molar refractivity (Wildman–Crippen MR) is 24.4 cm³/mol. The van der Waals surface area contributed by atoms with E-state index < -0.39 is 7.82 Å². The molecule has 42 valence electrons. The van der Waals surface area contributed by atoms with Crippen molar-refractivity contribution in [2.24, 2.45) is 0 Å². The summed E-state index contributed by atoms with van der Waals surface area (Å²) in [6.07, 6.45) is 0. The molecule has 0 spiro atoms. The predicted octanol–water partition coefficient (Wildman–Crippen LogP) is 1.35. The van der Waals surface area contributed by atoms with E-state index >= 15 is 0 Å². The van der Waals surface area contributed by atoms with Crippen molar-refractivity contribution in [3.63, 3.8) is 0 Å². The molecule has 4 nitrogen and oxygen atoms in total. The first-order chi connectivity index (χ1) is 3.27. The van der Waals surface area contributed by atoms with Crippen LogP contribution in [-0.2, 0) is 17.0 Å². The lowest BCUT2D eigenvalue weighted by Gasteiger charge is -2.18. The van der Waals surface area contributed by atoms with Gasteiger partial charge in [0.25, 0.3) is 0 Å². The molecule has 0 bridgehead atoms. The average Bonchev–Trinajstić information content (AvgIpc) is 1.61. The molecule has 1 fully saturated rings. The molecule has 0 aromatic carbocycles. The zero-order valence-corrected chi connectivity index (χ0v) is 5.20. The molecular formula is CH3O4PS. The van der Waals surface area contributed by atoms with Gasteiger partial charge >= 0.3 is 7.82 Å². The summed E-state index contributed by atoms with van der Waals surface area (Å²) < 4.78 is 23.2. The Bertz CT molecular complexity index is 96.0. The van der Waals surface area contributed by atoms with Gasteiger partial charge in [0, 0.05) is 7.11 Å². The fraction of sp³-hybridized carbons (Fsp3) is 1.00. The maximum absolute atomic E-state index is 10.4. The van der Waals surface area contributed by atoms with E-state index in [1.165, 1.54) is 7.11 Å². The van der Waals surface area contributed by atoms with Crippen LogP contribution in [0.2, 0.25) is 0 Å². The normalized spacial score (nSPS) is 26.4. The van der Waals surface area contributed by atoms with Gasteiger partial charge in [-0.15, -0.1) is 0 Å². The van der Waals surface area contributed by atoms with Gasteiger partial charge < -0.3 is 0 Å². The number of phosphoric acid groups is 1. The summed E-state index contributed by atoms with van der Waals surface area (Å²) in [7, 11) is -1.75. The number of hydrogen-bond donors (Lipinski definition) is 0. The second-order valence-corrected chi connectivity index (χ2v) is 3.44. The van der Waals surface area contributed by atoms with Crippen molar-refractivity contribution >= 4 is 20.1 Å². The van der Waals surface area contributed by atoms with E-state index in [1.807, 2.05) is 0 Å². The van der Waals surface area contributed by atoms with Crippen LogP contribution in [0.1, 0.15) is 0 Å². The second-order valence-electron chi connectivity index (χ2n) is 0.847. The molecule has 1 rings (SSSR count). The summed E-state index contributed by atoms with van der Waals surface area (Å²) in [6.45, 7) is 0. The molecule has 0 amide bonds. The van der Waals surface area contributed by atoms with Crippen molar-refractivity contribution in [1.29, 1.82) is 0 Å². The number of hydrogen-bond acceptors (Lipinski definition) is 5. The van der Waals surface area contributed by atoms with Gasteiger partial charge in [0.05, 0.1) is 0 Å². The van der Waals surface area contributed by atoms with Crippen LogP contribution in [0.25, 0.3) is 0 Å². The molecule has 0 N–H and O–H groups in total. The summed E-state index contributed by atoms with van der Waals surface area (Å²) in [6, 6.07) is 0. The lowest BCUT2D eigenvalue weighted by atomic mass is 11.8. The van der Waals surface area contributed by atoms with Gasteiger partial charge in [0.2, 0.25) is 0 Å². The minimum absolute atomic E-state index is 0.680. The Hall–Kier alpha value is 0.460. The fourth-order valence-corrected chi connectivity index (χ4v) is 1.27. The molecule has 6 heteroatoms. The van der Waals surface area contributed by atoms with Gasteiger partial charge in [-0.25, -0.2) is 4.57 Å². The van der Waals surface area contributed by atoms with E-state index in [0.717, 1.165) is 0 Å². The van der Waals surface area contributed by atoms with Crippen LogP contribution in [-0.4, -0.2) is 7.11 Å². The highest BCUT2D eigenvalue weighted by Gasteiger charge is 2.37. The first kappa shape index (κ1) is 5.59. The maximum Gasteiger partial charge on any atom is 0.500 e. The van der Waals surface area contributed by atoms with E-state index in [1.54, 1.807) is 0 Å².